The molecule has 0 radical (unpaired) electrons. The lowest BCUT2D eigenvalue weighted by Gasteiger charge is -2.34. The van der Waals surface area contributed by atoms with E-state index in [1.807, 2.05) is 35.7 Å². The third-order valence-corrected chi connectivity index (χ3v) is 5.84. The SMILES string of the molecule is Cc1cc(CN2CCc3sccc3C2c2cccs2)no1. The molecule has 0 saturated heterocycles. The normalized spacial score (nSPS) is 18.8. The van der Waals surface area contributed by atoms with Crippen LogP contribution in [0.2, 0.25) is 0 Å². The van der Waals surface area contributed by atoms with Crippen molar-refractivity contribution in [3.63, 3.8) is 0 Å². The Kier molecular flexibility index (Phi) is 3.41. The fourth-order valence-electron chi connectivity index (χ4n) is 3.02. The van der Waals surface area contributed by atoms with Crippen LogP contribution in [0.4, 0.5) is 0 Å². The Labute approximate surface area is 131 Å². The number of hydrogen-bond acceptors (Lipinski definition) is 5. The third kappa shape index (κ3) is 2.46. The van der Waals surface area contributed by atoms with Crippen LogP contribution in [0.3, 0.4) is 0 Å². The zero-order valence-electron chi connectivity index (χ0n) is 11.8. The Morgan fingerprint density at radius 1 is 1.33 bits per heavy atom. The van der Waals surface area contributed by atoms with Crippen molar-refractivity contribution in [1.29, 1.82) is 0 Å². The van der Waals surface area contributed by atoms with Gasteiger partial charge in [-0.05, 0) is 41.8 Å². The van der Waals surface area contributed by atoms with Crippen molar-refractivity contribution in [2.24, 2.45) is 0 Å². The van der Waals surface area contributed by atoms with E-state index in [2.05, 4.69) is 39.0 Å². The molecule has 0 amide bonds. The Morgan fingerprint density at radius 3 is 3.05 bits per heavy atom. The highest BCUT2D eigenvalue weighted by atomic mass is 32.1. The first-order valence-electron chi connectivity index (χ1n) is 7.07. The molecule has 21 heavy (non-hydrogen) atoms. The summed E-state index contributed by atoms with van der Waals surface area (Å²) >= 11 is 3.72. The zero-order chi connectivity index (χ0) is 14.2. The zero-order valence-corrected chi connectivity index (χ0v) is 13.4. The highest BCUT2D eigenvalue weighted by molar-refractivity contribution is 7.10. The van der Waals surface area contributed by atoms with Gasteiger partial charge in [0, 0.05) is 28.9 Å². The molecule has 108 valence electrons. The van der Waals surface area contributed by atoms with Gasteiger partial charge in [0.15, 0.2) is 0 Å². The Balaban J connectivity index is 1.69. The molecular formula is C16H16N2OS2. The van der Waals surface area contributed by atoms with Crippen molar-refractivity contribution in [2.75, 3.05) is 6.54 Å². The van der Waals surface area contributed by atoms with Gasteiger partial charge in [0.2, 0.25) is 0 Å². The van der Waals surface area contributed by atoms with E-state index < -0.39 is 0 Å². The summed E-state index contributed by atoms with van der Waals surface area (Å²) in [7, 11) is 0. The van der Waals surface area contributed by atoms with E-state index in [1.54, 1.807) is 0 Å². The van der Waals surface area contributed by atoms with E-state index in [4.69, 9.17) is 4.52 Å². The van der Waals surface area contributed by atoms with Crippen molar-refractivity contribution in [3.05, 3.63) is 61.8 Å². The van der Waals surface area contributed by atoms with E-state index in [9.17, 15) is 0 Å². The van der Waals surface area contributed by atoms with Crippen molar-refractivity contribution in [3.8, 4) is 0 Å². The second-order valence-corrected chi connectivity index (χ2v) is 7.35. The fourth-order valence-corrected chi connectivity index (χ4v) is 4.80. The van der Waals surface area contributed by atoms with Crippen LogP contribution in [0.15, 0.2) is 39.5 Å². The van der Waals surface area contributed by atoms with E-state index in [0.717, 1.165) is 31.0 Å². The molecule has 0 bridgehead atoms. The highest BCUT2D eigenvalue weighted by Gasteiger charge is 2.30. The molecule has 1 aliphatic rings. The van der Waals surface area contributed by atoms with Crippen LogP contribution < -0.4 is 0 Å². The minimum Gasteiger partial charge on any atom is -0.361 e. The summed E-state index contributed by atoms with van der Waals surface area (Å²) in [5, 5.41) is 8.54. The molecule has 3 nitrogen and oxygen atoms in total. The summed E-state index contributed by atoms with van der Waals surface area (Å²) < 4.78 is 5.21. The number of rotatable bonds is 3. The molecule has 3 aromatic rings. The predicted molar refractivity (Wildman–Crippen MR) is 85.8 cm³/mol. The Bertz CT molecular complexity index is 729. The van der Waals surface area contributed by atoms with Gasteiger partial charge >= 0.3 is 0 Å². The van der Waals surface area contributed by atoms with Crippen LogP contribution in [-0.2, 0) is 13.0 Å². The van der Waals surface area contributed by atoms with Gasteiger partial charge < -0.3 is 4.52 Å². The van der Waals surface area contributed by atoms with Crippen LogP contribution in [0.1, 0.15) is 32.8 Å². The summed E-state index contributed by atoms with van der Waals surface area (Å²) in [6, 6.07) is 9.05. The van der Waals surface area contributed by atoms with Gasteiger partial charge in [0.25, 0.3) is 0 Å². The second-order valence-electron chi connectivity index (χ2n) is 5.37. The maximum atomic E-state index is 5.21. The second kappa shape index (κ2) is 5.40. The molecule has 0 fully saturated rings. The van der Waals surface area contributed by atoms with E-state index >= 15 is 0 Å². The molecule has 0 spiro atoms. The van der Waals surface area contributed by atoms with Gasteiger partial charge in [0.05, 0.1) is 11.7 Å². The largest absolute Gasteiger partial charge is 0.361 e. The van der Waals surface area contributed by atoms with Crippen LogP contribution in [-0.4, -0.2) is 16.6 Å². The molecule has 4 heterocycles. The summed E-state index contributed by atoms with van der Waals surface area (Å²) in [4.78, 5) is 5.45. The molecule has 1 aliphatic heterocycles. The average Bonchev–Trinajstić information content (AvgIpc) is 3.20. The molecule has 1 unspecified atom stereocenters. The molecule has 1 atom stereocenters. The molecule has 0 saturated carbocycles. The molecule has 0 aliphatic carbocycles. The minimum absolute atomic E-state index is 0.358. The fraction of sp³-hybridized carbons (Fsp3) is 0.312. The summed E-state index contributed by atoms with van der Waals surface area (Å²) in [5.74, 6) is 0.880. The van der Waals surface area contributed by atoms with Crippen LogP contribution in [0.5, 0.6) is 0 Å². The minimum atomic E-state index is 0.358. The van der Waals surface area contributed by atoms with E-state index in [1.165, 1.54) is 15.3 Å². The van der Waals surface area contributed by atoms with Gasteiger partial charge in [-0.15, -0.1) is 22.7 Å². The maximum Gasteiger partial charge on any atom is 0.133 e. The molecule has 5 heteroatoms. The predicted octanol–water partition coefficient (Wildman–Crippen LogP) is 4.25. The van der Waals surface area contributed by atoms with Crippen molar-refractivity contribution < 1.29 is 4.52 Å². The average molecular weight is 316 g/mol. The number of hydrogen-bond donors (Lipinski definition) is 0. The third-order valence-electron chi connectivity index (χ3n) is 3.92. The maximum absolute atomic E-state index is 5.21. The first-order chi connectivity index (χ1) is 10.3. The standard InChI is InChI=1S/C16H16N2OS2/c1-11-9-12(17-19-11)10-18-6-4-14-13(5-8-21-14)16(18)15-3-2-7-20-15/h2-3,5,7-9,16H,4,6,10H2,1H3. The molecule has 3 aromatic heterocycles. The lowest BCUT2D eigenvalue weighted by molar-refractivity contribution is 0.202. The van der Waals surface area contributed by atoms with E-state index in [0.29, 0.717) is 6.04 Å². The molecule has 4 rings (SSSR count). The number of nitrogens with zero attached hydrogens (tertiary/aromatic N) is 2. The van der Waals surface area contributed by atoms with Crippen molar-refractivity contribution >= 4 is 22.7 Å². The monoisotopic (exact) mass is 316 g/mol. The summed E-state index contributed by atoms with van der Waals surface area (Å²) in [5.41, 5.74) is 2.49. The smallest absolute Gasteiger partial charge is 0.133 e. The van der Waals surface area contributed by atoms with Gasteiger partial charge in [0.1, 0.15) is 5.76 Å². The molecular weight excluding hydrogens is 300 g/mol. The van der Waals surface area contributed by atoms with Gasteiger partial charge in [-0.2, -0.15) is 0 Å². The first kappa shape index (κ1) is 13.2. The summed E-state index contributed by atoms with van der Waals surface area (Å²) in [6.45, 7) is 3.86. The van der Waals surface area contributed by atoms with Crippen LogP contribution in [0.25, 0.3) is 0 Å². The number of fused-ring (bicyclic) bond motifs is 1. The van der Waals surface area contributed by atoms with Crippen LogP contribution >= 0.6 is 22.7 Å². The van der Waals surface area contributed by atoms with Crippen molar-refractivity contribution in [1.82, 2.24) is 10.1 Å². The topological polar surface area (TPSA) is 29.3 Å². The highest BCUT2D eigenvalue weighted by Crippen LogP contribution is 2.39. The Morgan fingerprint density at radius 2 is 2.29 bits per heavy atom. The quantitative estimate of drug-likeness (QED) is 0.723. The number of aromatic nitrogens is 1. The van der Waals surface area contributed by atoms with Gasteiger partial charge in [-0.3, -0.25) is 4.90 Å². The summed E-state index contributed by atoms with van der Waals surface area (Å²) in [6.07, 6.45) is 1.13. The first-order valence-corrected chi connectivity index (χ1v) is 8.83. The number of thiophene rings is 2. The molecule has 0 N–H and O–H groups in total. The number of aryl methyl sites for hydroxylation is 1. The lowest BCUT2D eigenvalue weighted by atomic mass is 9.98. The van der Waals surface area contributed by atoms with E-state index in [-0.39, 0.29) is 0 Å². The lowest BCUT2D eigenvalue weighted by Crippen LogP contribution is -2.34. The van der Waals surface area contributed by atoms with Crippen molar-refractivity contribution in [2.45, 2.75) is 25.9 Å². The Hall–Kier alpha value is -1.43. The molecule has 0 aromatic carbocycles. The van der Waals surface area contributed by atoms with Gasteiger partial charge in [-0.25, -0.2) is 0 Å². The van der Waals surface area contributed by atoms with Gasteiger partial charge in [-0.1, -0.05) is 11.2 Å². The van der Waals surface area contributed by atoms with Crippen LogP contribution in [0, 0.1) is 6.92 Å².